The normalized spacial score (nSPS) is 13.9. The molecular formula is C13H20O3S. The Balaban J connectivity index is 2.79. The Hall–Kier alpha value is -0.870. The fourth-order valence-electron chi connectivity index (χ4n) is 1.63. The summed E-state index contributed by atoms with van der Waals surface area (Å²) in [7, 11) is -3.42. The third-order valence-electron chi connectivity index (χ3n) is 2.47. The van der Waals surface area contributed by atoms with Gasteiger partial charge >= 0.3 is 0 Å². The van der Waals surface area contributed by atoms with Crippen molar-refractivity contribution in [3.05, 3.63) is 35.9 Å². The van der Waals surface area contributed by atoms with Crippen molar-refractivity contribution < 1.29 is 12.6 Å². The molecule has 1 unspecified atom stereocenters. The third kappa shape index (κ3) is 5.84. The predicted molar refractivity (Wildman–Crippen MR) is 69.2 cm³/mol. The zero-order valence-corrected chi connectivity index (χ0v) is 11.4. The molecule has 1 aromatic carbocycles. The number of hydrogen-bond acceptors (Lipinski definition) is 3. The van der Waals surface area contributed by atoms with Crippen LogP contribution in [0.15, 0.2) is 30.3 Å². The molecule has 0 aliphatic carbocycles. The first-order chi connectivity index (χ1) is 7.88. The Morgan fingerprint density at radius 2 is 1.71 bits per heavy atom. The molecular weight excluding hydrogens is 236 g/mol. The minimum Gasteiger partial charge on any atom is -0.262 e. The van der Waals surface area contributed by atoms with Crippen LogP contribution in [-0.2, 0) is 14.3 Å². The molecule has 0 N–H and O–H groups in total. The zero-order valence-electron chi connectivity index (χ0n) is 10.6. The molecule has 1 atom stereocenters. The van der Waals surface area contributed by atoms with Crippen LogP contribution in [0.4, 0.5) is 0 Å². The highest BCUT2D eigenvalue weighted by molar-refractivity contribution is 7.86. The van der Waals surface area contributed by atoms with E-state index in [1.165, 1.54) is 0 Å². The molecule has 0 saturated carbocycles. The second-order valence-electron chi connectivity index (χ2n) is 4.67. The van der Waals surface area contributed by atoms with Gasteiger partial charge in [0.15, 0.2) is 0 Å². The van der Waals surface area contributed by atoms with E-state index in [0.717, 1.165) is 24.7 Å². The molecule has 0 bridgehead atoms. The van der Waals surface area contributed by atoms with Crippen LogP contribution < -0.4 is 0 Å². The predicted octanol–water partition coefficient (Wildman–Crippen LogP) is 3.14. The Morgan fingerprint density at radius 1 is 1.12 bits per heavy atom. The van der Waals surface area contributed by atoms with Gasteiger partial charge in [0.25, 0.3) is 10.1 Å². The summed E-state index contributed by atoms with van der Waals surface area (Å²) in [6, 6.07) is 9.49. The fraction of sp³-hybridized carbons (Fsp3) is 0.538. The molecule has 0 heterocycles. The van der Waals surface area contributed by atoms with E-state index >= 15 is 0 Å². The lowest BCUT2D eigenvalue weighted by Crippen LogP contribution is -2.11. The first kappa shape index (κ1) is 14.2. The van der Waals surface area contributed by atoms with Crippen molar-refractivity contribution in [2.45, 2.75) is 32.8 Å². The van der Waals surface area contributed by atoms with Gasteiger partial charge < -0.3 is 0 Å². The molecule has 96 valence electrons. The Morgan fingerprint density at radius 3 is 2.18 bits per heavy atom. The lowest BCUT2D eigenvalue weighted by Gasteiger charge is -2.17. The minimum atomic E-state index is -3.42. The highest BCUT2D eigenvalue weighted by Crippen LogP contribution is 2.26. The lowest BCUT2D eigenvalue weighted by molar-refractivity contribution is 0.195. The first-order valence-electron chi connectivity index (χ1n) is 5.81. The maximum Gasteiger partial charge on any atom is 0.264 e. The van der Waals surface area contributed by atoms with Gasteiger partial charge in [0.05, 0.1) is 6.26 Å². The molecule has 0 radical (unpaired) electrons. The second kappa shape index (κ2) is 6.17. The van der Waals surface area contributed by atoms with E-state index in [0.29, 0.717) is 5.92 Å². The average Bonchev–Trinajstić information content (AvgIpc) is 2.24. The molecule has 0 amide bonds. The summed E-state index contributed by atoms with van der Waals surface area (Å²) in [6.45, 7) is 4.23. The van der Waals surface area contributed by atoms with Crippen molar-refractivity contribution >= 4 is 10.1 Å². The van der Waals surface area contributed by atoms with Gasteiger partial charge in [-0.2, -0.15) is 8.42 Å². The van der Waals surface area contributed by atoms with Crippen molar-refractivity contribution in [1.29, 1.82) is 0 Å². The van der Waals surface area contributed by atoms with Gasteiger partial charge in [0, 0.05) is 0 Å². The highest BCUT2D eigenvalue weighted by Gasteiger charge is 2.17. The summed E-state index contributed by atoms with van der Waals surface area (Å²) in [6.07, 6.45) is 2.39. The smallest absolute Gasteiger partial charge is 0.262 e. The highest BCUT2D eigenvalue weighted by atomic mass is 32.2. The van der Waals surface area contributed by atoms with Crippen molar-refractivity contribution in [2.75, 3.05) is 6.26 Å². The molecule has 17 heavy (non-hydrogen) atoms. The Bertz CT molecular complexity index is 423. The molecule has 0 aliphatic heterocycles. The van der Waals surface area contributed by atoms with E-state index in [9.17, 15) is 8.42 Å². The molecule has 0 aliphatic rings. The van der Waals surface area contributed by atoms with Crippen LogP contribution in [0.25, 0.3) is 0 Å². The van der Waals surface area contributed by atoms with Gasteiger partial charge in [-0.15, -0.1) is 0 Å². The molecule has 0 saturated heterocycles. The van der Waals surface area contributed by atoms with E-state index in [2.05, 4.69) is 13.8 Å². The summed E-state index contributed by atoms with van der Waals surface area (Å²) in [4.78, 5) is 0. The zero-order chi connectivity index (χ0) is 12.9. The van der Waals surface area contributed by atoms with Crippen LogP contribution in [0.5, 0.6) is 0 Å². The van der Waals surface area contributed by atoms with Gasteiger partial charge in [0.2, 0.25) is 0 Å². The maximum atomic E-state index is 11.2. The topological polar surface area (TPSA) is 43.4 Å². The van der Waals surface area contributed by atoms with Crippen LogP contribution >= 0.6 is 0 Å². The van der Waals surface area contributed by atoms with Crippen molar-refractivity contribution in [1.82, 2.24) is 0 Å². The van der Waals surface area contributed by atoms with Crippen molar-refractivity contribution in [3.8, 4) is 0 Å². The fourth-order valence-corrected chi connectivity index (χ4v) is 2.26. The van der Waals surface area contributed by atoms with E-state index in [-0.39, 0.29) is 6.10 Å². The Kier molecular flexibility index (Phi) is 5.15. The molecule has 1 aromatic rings. The van der Waals surface area contributed by atoms with E-state index < -0.39 is 10.1 Å². The first-order valence-corrected chi connectivity index (χ1v) is 7.63. The van der Waals surface area contributed by atoms with Crippen LogP contribution in [0.1, 0.15) is 38.4 Å². The lowest BCUT2D eigenvalue weighted by atomic mass is 10.0. The molecule has 0 fully saturated rings. The quantitative estimate of drug-likeness (QED) is 0.734. The average molecular weight is 256 g/mol. The third-order valence-corrected chi connectivity index (χ3v) is 3.05. The van der Waals surface area contributed by atoms with Crippen LogP contribution in [0.2, 0.25) is 0 Å². The standard InChI is InChI=1S/C13H20O3S/c1-11(2)9-10-13(16-17(3,14)15)12-7-5-4-6-8-12/h4-8,11,13H,9-10H2,1-3H3. The maximum absolute atomic E-state index is 11.2. The number of benzene rings is 1. The largest absolute Gasteiger partial charge is 0.264 e. The van der Waals surface area contributed by atoms with Gasteiger partial charge in [-0.05, 0) is 24.3 Å². The van der Waals surface area contributed by atoms with Crippen LogP contribution in [0.3, 0.4) is 0 Å². The van der Waals surface area contributed by atoms with E-state index in [4.69, 9.17) is 4.18 Å². The second-order valence-corrected chi connectivity index (χ2v) is 6.27. The number of hydrogen-bond donors (Lipinski definition) is 0. The molecule has 4 heteroatoms. The van der Waals surface area contributed by atoms with Crippen molar-refractivity contribution in [2.24, 2.45) is 5.92 Å². The van der Waals surface area contributed by atoms with E-state index in [1.807, 2.05) is 30.3 Å². The van der Waals surface area contributed by atoms with Gasteiger partial charge in [-0.3, -0.25) is 4.18 Å². The van der Waals surface area contributed by atoms with Crippen LogP contribution in [-0.4, -0.2) is 14.7 Å². The minimum absolute atomic E-state index is 0.367. The SMILES string of the molecule is CC(C)CCC(OS(C)(=O)=O)c1ccccc1. The van der Waals surface area contributed by atoms with Gasteiger partial charge in [0.1, 0.15) is 6.10 Å². The molecule has 0 spiro atoms. The Labute approximate surface area is 104 Å². The summed E-state index contributed by atoms with van der Waals surface area (Å²) < 4.78 is 27.6. The van der Waals surface area contributed by atoms with Crippen LogP contribution in [0, 0.1) is 5.92 Å². The summed E-state index contributed by atoms with van der Waals surface area (Å²) in [5, 5.41) is 0. The van der Waals surface area contributed by atoms with Crippen molar-refractivity contribution in [3.63, 3.8) is 0 Å². The number of rotatable bonds is 6. The monoisotopic (exact) mass is 256 g/mol. The molecule has 1 rings (SSSR count). The van der Waals surface area contributed by atoms with Gasteiger partial charge in [-0.1, -0.05) is 44.2 Å². The van der Waals surface area contributed by atoms with E-state index in [1.54, 1.807) is 0 Å². The molecule has 0 aromatic heterocycles. The summed E-state index contributed by atoms with van der Waals surface area (Å²) >= 11 is 0. The molecule has 3 nitrogen and oxygen atoms in total. The summed E-state index contributed by atoms with van der Waals surface area (Å²) in [5.74, 6) is 0.532. The van der Waals surface area contributed by atoms with Gasteiger partial charge in [-0.25, -0.2) is 0 Å². The summed E-state index contributed by atoms with van der Waals surface area (Å²) in [5.41, 5.74) is 0.915.